The standard InChI is InChI=1S/C28H22S/c1-2-6-18-11-12-19-16-20-13-14-21(17-26(20)25(19)15-18)22-8-5-9-24-23-7-3-4-10-27(23)29-28(22)24/h3-5,7-15,17H,2,6,16H2,1H3. The molecule has 0 saturated heterocycles. The number of fused-ring (bicyclic) bond motifs is 6. The second kappa shape index (κ2) is 6.57. The van der Waals surface area contributed by atoms with Gasteiger partial charge in [-0.3, -0.25) is 0 Å². The molecule has 0 nitrogen and oxygen atoms in total. The lowest BCUT2D eigenvalue weighted by Gasteiger charge is -2.08. The summed E-state index contributed by atoms with van der Waals surface area (Å²) in [5.74, 6) is 0. The molecule has 0 atom stereocenters. The summed E-state index contributed by atoms with van der Waals surface area (Å²) in [6.07, 6.45) is 3.41. The Morgan fingerprint density at radius 1 is 0.724 bits per heavy atom. The first-order valence-corrected chi connectivity index (χ1v) is 11.3. The van der Waals surface area contributed by atoms with E-state index in [0.717, 1.165) is 12.8 Å². The van der Waals surface area contributed by atoms with Crippen molar-refractivity contribution in [2.24, 2.45) is 0 Å². The van der Waals surface area contributed by atoms with Gasteiger partial charge in [0.15, 0.2) is 0 Å². The Labute approximate surface area is 175 Å². The zero-order chi connectivity index (χ0) is 19.4. The van der Waals surface area contributed by atoms with Gasteiger partial charge in [0, 0.05) is 20.2 Å². The van der Waals surface area contributed by atoms with E-state index in [1.165, 1.54) is 65.5 Å². The van der Waals surface area contributed by atoms with Crippen LogP contribution < -0.4 is 0 Å². The maximum atomic E-state index is 2.43. The number of hydrogen-bond donors (Lipinski definition) is 0. The highest BCUT2D eigenvalue weighted by atomic mass is 32.1. The fourth-order valence-electron chi connectivity index (χ4n) is 4.80. The van der Waals surface area contributed by atoms with E-state index in [-0.39, 0.29) is 0 Å². The first kappa shape index (κ1) is 17.0. The van der Waals surface area contributed by atoms with Crippen LogP contribution in [0.15, 0.2) is 78.9 Å². The Morgan fingerprint density at radius 2 is 1.52 bits per heavy atom. The van der Waals surface area contributed by atoms with E-state index >= 15 is 0 Å². The molecule has 140 valence electrons. The van der Waals surface area contributed by atoms with Crippen LogP contribution >= 0.6 is 11.3 Å². The zero-order valence-electron chi connectivity index (χ0n) is 16.5. The van der Waals surface area contributed by atoms with Gasteiger partial charge in [-0.1, -0.05) is 80.1 Å². The average Bonchev–Trinajstić information content (AvgIpc) is 3.31. The van der Waals surface area contributed by atoms with Gasteiger partial charge in [-0.05, 0) is 63.9 Å². The molecule has 0 fully saturated rings. The molecule has 0 radical (unpaired) electrons. The van der Waals surface area contributed by atoms with Crippen LogP contribution in [0.4, 0.5) is 0 Å². The Balaban J connectivity index is 1.54. The van der Waals surface area contributed by atoms with Crippen LogP contribution in [0, 0.1) is 0 Å². The molecule has 4 aromatic carbocycles. The van der Waals surface area contributed by atoms with Crippen molar-refractivity contribution in [3.63, 3.8) is 0 Å². The van der Waals surface area contributed by atoms with Gasteiger partial charge < -0.3 is 0 Å². The molecular formula is C28H22S. The lowest BCUT2D eigenvalue weighted by Crippen LogP contribution is -1.86. The Hall–Kier alpha value is -2.90. The highest BCUT2D eigenvalue weighted by Gasteiger charge is 2.20. The number of rotatable bonds is 3. The van der Waals surface area contributed by atoms with Crippen molar-refractivity contribution in [2.45, 2.75) is 26.2 Å². The van der Waals surface area contributed by atoms with Gasteiger partial charge in [-0.2, -0.15) is 0 Å². The lowest BCUT2D eigenvalue weighted by atomic mass is 9.96. The molecule has 1 heterocycles. The molecule has 0 spiro atoms. The van der Waals surface area contributed by atoms with Gasteiger partial charge in [-0.25, -0.2) is 0 Å². The van der Waals surface area contributed by atoms with Crippen molar-refractivity contribution < 1.29 is 0 Å². The summed E-state index contributed by atoms with van der Waals surface area (Å²) in [6.45, 7) is 2.25. The van der Waals surface area contributed by atoms with Crippen molar-refractivity contribution in [3.8, 4) is 22.3 Å². The Morgan fingerprint density at radius 3 is 2.41 bits per heavy atom. The number of hydrogen-bond acceptors (Lipinski definition) is 1. The van der Waals surface area contributed by atoms with Crippen molar-refractivity contribution in [2.75, 3.05) is 0 Å². The van der Waals surface area contributed by atoms with Crippen molar-refractivity contribution >= 4 is 31.5 Å². The van der Waals surface area contributed by atoms with E-state index in [2.05, 4.69) is 85.8 Å². The predicted octanol–water partition coefficient (Wildman–Crippen LogP) is 8.25. The van der Waals surface area contributed by atoms with Gasteiger partial charge in [-0.15, -0.1) is 11.3 Å². The summed E-state index contributed by atoms with van der Waals surface area (Å²) in [5.41, 5.74) is 9.93. The summed E-state index contributed by atoms with van der Waals surface area (Å²) in [7, 11) is 0. The monoisotopic (exact) mass is 390 g/mol. The summed E-state index contributed by atoms with van der Waals surface area (Å²) < 4.78 is 2.76. The second-order valence-corrected chi connectivity index (χ2v) is 9.12. The first-order valence-electron chi connectivity index (χ1n) is 10.5. The van der Waals surface area contributed by atoms with Crippen LogP contribution in [0.25, 0.3) is 42.4 Å². The van der Waals surface area contributed by atoms with Crippen LogP contribution in [0.5, 0.6) is 0 Å². The summed E-state index contributed by atoms with van der Waals surface area (Å²) >= 11 is 1.91. The normalized spacial score (nSPS) is 12.4. The van der Waals surface area contributed by atoms with E-state index in [4.69, 9.17) is 0 Å². The summed E-state index contributed by atoms with van der Waals surface area (Å²) in [5, 5.41) is 2.74. The molecule has 1 aliphatic carbocycles. The summed E-state index contributed by atoms with van der Waals surface area (Å²) in [6, 6.07) is 29.7. The Bertz CT molecular complexity index is 1390. The van der Waals surface area contributed by atoms with Crippen molar-refractivity contribution in [3.05, 3.63) is 95.6 Å². The quantitative estimate of drug-likeness (QED) is 0.285. The highest BCUT2D eigenvalue weighted by molar-refractivity contribution is 7.26. The zero-order valence-corrected chi connectivity index (χ0v) is 17.4. The largest absolute Gasteiger partial charge is 0.135 e. The third-order valence-electron chi connectivity index (χ3n) is 6.21. The number of aryl methyl sites for hydroxylation is 1. The maximum Gasteiger partial charge on any atom is 0.0433 e. The fourth-order valence-corrected chi connectivity index (χ4v) is 6.04. The molecule has 1 heteroatoms. The van der Waals surface area contributed by atoms with Gasteiger partial charge in [0.05, 0.1) is 0 Å². The van der Waals surface area contributed by atoms with Gasteiger partial charge >= 0.3 is 0 Å². The topological polar surface area (TPSA) is 0 Å². The SMILES string of the molecule is CCCc1ccc2c(c1)-c1cc(-c3cccc4c3sc3ccccc34)ccc1C2. The minimum atomic E-state index is 1.06. The van der Waals surface area contributed by atoms with E-state index < -0.39 is 0 Å². The Kier molecular flexibility index (Phi) is 3.85. The summed E-state index contributed by atoms with van der Waals surface area (Å²) in [4.78, 5) is 0. The van der Waals surface area contributed by atoms with Crippen LogP contribution in [0.3, 0.4) is 0 Å². The molecule has 0 N–H and O–H groups in total. The minimum absolute atomic E-state index is 1.06. The molecular weight excluding hydrogens is 368 g/mol. The van der Waals surface area contributed by atoms with Crippen LogP contribution in [0.1, 0.15) is 30.0 Å². The lowest BCUT2D eigenvalue weighted by molar-refractivity contribution is 0.921. The molecule has 0 unspecified atom stereocenters. The molecule has 1 aliphatic rings. The van der Waals surface area contributed by atoms with E-state index in [1.807, 2.05) is 11.3 Å². The van der Waals surface area contributed by atoms with Gasteiger partial charge in [0.25, 0.3) is 0 Å². The first-order chi connectivity index (χ1) is 14.3. The molecule has 0 amide bonds. The fraction of sp³-hybridized carbons (Fsp3) is 0.143. The maximum absolute atomic E-state index is 2.43. The van der Waals surface area contributed by atoms with Gasteiger partial charge in [0.2, 0.25) is 0 Å². The minimum Gasteiger partial charge on any atom is -0.135 e. The second-order valence-electron chi connectivity index (χ2n) is 8.07. The van der Waals surface area contributed by atoms with E-state index in [9.17, 15) is 0 Å². The van der Waals surface area contributed by atoms with Crippen molar-refractivity contribution in [1.29, 1.82) is 0 Å². The molecule has 0 aliphatic heterocycles. The molecule has 29 heavy (non-hydrogen) atoms. The smallest absolute Gasteiger partial charge is 0.0433 e. The van der Waals surface area contributed by atoms with E-state index in [1.54, 1.807) is 0 Å². The van der Waals surface area contributed by atoms with Crippen LogP contribution in [0.2, 0.25) is 0 Å². The van der Waals surface area contributed by atoms with Crippen LogP contribution in [-0.4, -0.2) is 0 Å². The number of benzene rings is 4. The third-order valence-corrected chi connectivity index (χ3v) is 7.43. The molecule has 0 saturated carbocycles. The molecule has 1 aromatic heterocycles. The average molecular weight is 391 g/mol. The molecule has 6 rings (SSSR count). The molecule has 0 bridgehead atoms. The van der Waals surface area contributed by atoms with E-state index in [0.29, 0.717) is 0 Å². The van der Waals surface area contributed by atoms with Crippen LogP contribution in [-0.2, 0) is 12.8 Å². The number of thiophene rings is 1. The predicted molar refractivity (Wildman–Crippen MR) is 127 cm³/mol. The third kappa shape index (κ3) is 2.65. The van der Waals surface area contributed by atoms with Gasteiger partial charge in [0.1, 0.15) is 0 Å². The highest BCUT2D eigenvalue weighted by Crippen LogP contribution is 2.43. The molecule has 5 aromatic rings. The van der Waals surface area contributed by atoms with Crippen molar-refractivity contribution in [1.82, 2.24) is 0 Å².